The van der Waals surface area contributed by atoms with E-state index < -0.39 is 10.0 Å². The molecule has 3 aromatic rings. The van der Waals surface area contributed by atoms with Crippen molar-refractivity contribution in [3.8, 4) is 11.5 Å². The van der Waals surface area contributed by atoms with Crippen LogP contribution in [0.3, 0.4) is 0 Å². The van der Waals surface area contributed by atoms with Crippen molar-refractivity contribution in [1.82, 2.24) is 15.0 Å². The molecule has 9 heteroatoms. The predicted molar refractivity (Wildman–Crippen MR) is 123 cm³/mol. The lowest BCUT2D eigenvalue weighted by Gasteiger charge is -2.26. The van der Waals surface area contributed by atoms with Gasteiger partial charge < -0.3 is 14.8 Å². The first kappa shape index (κ1) is 22.8. The monoisotopic (exact) mass is 467 g/mol. The van der Waals surface area contributed by atoms with Gasteiger partial charge in [0.2, 0.25) is 10.0 Å². The quantitative estimate of drug-likeness (QED) is 0.528. The summed E-state index contributed by atoms with van der Waals surface area (Å²) in [5.41, 5.74) is 1.90. The molecule has 2 N–H and O–H groups in total. The number of fused-ring (bicyclic) bond motifs is 1. The molecule has 2 heterocycles. The van der Waals surface area contributed by atoms with Crippen LogP contribution in [0, 0.1) is 0 Å². The fourth-order valence-electron chi connectivity index (χ4n) is 3.70. The normalized spacial score (nSPS) is 15.2. The Hall–Kier alpha value is -3.43. The Morgan fingerprint density at radius 3 is 2.76 bits per heavy atom. The predicted octanol–water partition coefficient (Wildman–Crippen LogP) is 2.86. The van der Waals surface area contributed by atoms with Crippen LogP contribution in [0.1, 0.15) is 34.1 Å². The van der Waals surface area contributed by atoms with E-state index in [1.165, 1.54) is 19.2 Å². The fourth-order valence-corrected chi connectivity index (χ4v) is 4.92. The average molecular weight is 468 g/mol. The molecule has 1 aliphatic rings. The lowest BCUT2D eigenvalue weighted by Crippen LogP contribution is -2.32. The maximum Gasteiger partial charge on any atom is 0.251 e. The number of benzene rings is 2. The minimum atomic E-state index is -3.91. The van der Waals surface area contributed by atoms with E-state index in [0.717, 1.165) is 17.0 Å². The summed E-state index contributed by atoms with van der Waals surface area (Å²) in [7, 11) is -2.52. The molecule has 0 radical (unpaired) electrons. The smallest absolute Gasteiger partial charge is 0.251 e. The third kappa shape index (κ3) is 5.32. The van der Waals surface area contributed by atoms with Gasteiger partial charge in [-0.05, 0) is 36.4 Å². The van der Waals surface area contributed by atoms with Gasteiger partial charge in [0.15, 0.2) is 0 Å². The number of nitrogens with one attached hydrogen (secondary N) is 2. The van der Waals surface area contributed by atoms with E-state index in [-0.39, 0.29) is 34.7 Å². The number of para-hydroxylation sites is 1. The minimum Gasteiger partial charge on any atom is -0.495 e. The van der Waals surface area contributed by atoms with Gasteiger partial charge in [0, 0.05) is 42.4 Å². The van der Waals surface area contributed by atoms with Crippen LogP contribution in [0.4, 0.5) is 0 Å². The molecule has 0 bridgehead atoms. The standard InChI is InChI=1S/C24H25N3O5S/c1-31-22-10-9-17(24(28)27-20-12-15-32-21-8-3-2-7-19(20)21)16-23(22)33(29,30)26-14-11-18-6-4-5-13-25-18/h2-10,13,16,20,26H,11-12,14-15H2,1H3,(H,27,28)/t20-/m0/s1. The van der Waals surface area contributed by atoms with E-state index in [1.807, 2.05) is 36.4 Å². The number of amides is 1. The Balaban J connectivity index is 1.51. The van der Waals surface area contributed by atoms with Crippen LogP contribution >= 0.6 is 0 Å². The average Bonchev–Trinajstić information content (AvgIpc) is 2.84. The molecule has 0 unspecified atom stereocenters. The third-order valence-corrected chi connectivity index (χ3v) is 6.86. The van der Waals surface area contributed by atoms with E-state index in [4.69, 9.17) is 9.47 Å². The van der Waals surface area contributed by atoms with Crippen LogP contribution in [-0.2, 0) is 16.4 Å². The Morgan fingerprint density at radius 1 is 1.15 bits per heavy atom. The number of ether oxygens (including phenoxy) is 2. The number of hydrogen-bond acceptors (Lipinski definition) is 6. The summed E-state index contributed by atoms with van der Waals surface area (Å²) < 4.78 is 39.4. The van der Waals surface area contributed by atoms with E-state index in [0.29, 0.717) is 19.4 Å². The highest BCUT2D eigenvalue weighted by atomic mass is 32.2. The molecule has 0 aliphatic carbocycles. The van der Waals surface area contributed by atoms with E-state index in [9.17, 15) is 13.2 Å². The summed E-state index contributed by atoms with van der Waals surface area (Å²) in [5, 5.41) is 2.99. The van der Waals surface area contributed by atoms with Crippen molar-refractivity contribution < 1.29 is 22.7 Å². The maximum atomic E-state index is 13.0. The first-order valence-corrected chi connectivity index (χ1v) is 12.1. The summed E-state index contributed by atoms with van der Waals surface area (Å²) in [5.74, 6) is 0.529. The molecular weight excluding hydrogens is 442 g/mol. The Labute approximate surface area is 193 Å². The second-order valence-electron chi connectivity index (χ2n) is 7.54. The van der Waals surface area contributed by atoms with Gasteiger partial charge in [-0.2, -0.15) is 0 Å². The zero-order valence-electron chi connectivity index (χ0n) is 18.2. The minimum absolute atomic E-state index is 0.0916. The number of pyridine rings is 1. The van der Waals surface area contributed by atoms with Gasteiger partial charge in [0.1, 0.15) is 16.4 Å². The zero-order valence-corrected chi connectivity index (χ0v) is 19.0. The number of hydrogen-bond donors (Lipinski definition) is 2. The van der Waals surface area contributed by atoms with Gasteiger partial charge in [-0.15, -0.1) is 0 Å². The molecular formula is C24H25N3O5S. The van der Waals surface area contributed by atoms with E-state index >= 15 is 0 Å². The molecule has 1 aromatic heterocycles. The molecule has 2 aromatic carbocycles. The van der Waals surface area contributed by atoms with Crippen molar-refractivity contribution in [2.24, 2.45) is 0 Å². The first-order chi connectivity index (χ1) is 16.0. The molecule has 8 nitrogen and oxygen atoms in total. The molecule has 0 spiro atoms. The van der Waals surface area contributed by atoms with E-state index in [1.54, 1.807) is 18.3 Å². The molecule has 4 rings (SSSR count). The first-order valence-electron chi connectivity index (χ1n) is 10.6. The van der Waals surface area contributed by atoms with Crippen LogP contribution < -0.4 is 19.5 Å². The molecule has 0 fully saturated rings. The fraction of sp³-hybridized carbons (Fsp3) is 0.250. The van der Waals surface area contributed by atoms with Crippen molar-refractivity contribution >= 4 is 15.9 Å². The number of aromatic nitrogens is 1. The second-order valence-corrected chi connectivity index (χ2v) is 9.27. The van der Waals surface area contributed by atoms with Crippen LogP contribution in [0.25, 0.3) is 0 Å². The van der Waals surface area contributed by atoms with Crippen LogP contribution in [-0.4, -0.2) is 39.6 Å². The SMILES string of the molecule is COc1ccc(C(=O)N[C@H]2CCOc3ccccc32)cc1S(=O)(=O)NCCc1ccccn1. The molecule has 172 valence electrons. The number of nitrogens with zero attached hydrogens (tertiary/aromatic N) is 1. The topological polar surface area (TPSA) is 107 Å². The molecule has 1 amide bonds. The lowest BCUT2D eigenvalue weighted by atomic mass is 10.00. The molecule has 33 heavy (non-hydrogen) atoms. The zero-order chi connectivity index (χ0) is 23.3. The molecule has 0 saturated heterocycles. The maximum absolute atomic E-state index is 13.0. The summed E-state index contributed by atoms with van der Waals surface area (Å²) in [6.45, 7) is 0.655. The van der Waals surface area contributed by atoms with Gasteiger partial charge in [0.25, 0.3) is 5.91 Å². The highest BCUT2D eigenvalue weighted by Gasteiger charge is 2.25. The highest BCUT2D eigenvalue weighted by Crippen LogP contribution is 2.32. The molecule has 1 aliphatic heterocycles. The van der Waals surface area contributed by atoms with Crippen molar-refractivity contribution in [2.45, 2.75) is 23.8 Å². The Kier molecular flexibility index (Phi) is 6.90. The van der Waals surface area contributed by atoms with Crippen molar-refractivity contribution in [2.75, 3.05) is 20.3 Å². The van der Waals surface area contributed by atoms with Gasteiger partial charge in [-0.25, -0.2) is 13.1 Å². The number of carbonyl (C=O) groups excluding carboxylic acids is 1. The number of sulfonamides is 1. The van der Waals surface area contributed by atoms with Gasteiger partial charge in [-0.1, -0.05) is 24.3 Å². The summed E-state index contributed by atoms with van der Waals surface area (Å²) in [4.78, 5) is 17.1. The summed E-state index contributed by atoms with van der Waals surface area (Å²) in [6, 6.07) is 17.2. The number of methoxy groups -OCH3 is 1. The Bertz CT molecular complexity index is 1230. The van der Waals surface area contributed by atoms with Crippen LogP contribution in [0.2, 0.25) is 0 Å². The lowest BCUT2D eigenvalue weighted by molar-refractivity contribution is 0.0924. The van der Waals surface area contributed by atoms with Gasteiger partial charge in [0.05, 0.1) is 19.8 Å². The number of carbonyl (C=O) groups is 1. The largest absolute Gasteiger partial charge is 0.495 e. The van der Waals surface area contributed by atoms with Crippen molar-refractivity contribution in [3.05, 3.63) is 83.7 Å². The molecule has 0 saturated carbocycles. The van der Waals surface area contributed by atoms with Crippen LogP contribution in [0.5, 0.6) is 11.5 Å². The second kappa shape index (κ2) is 10.0. The Morgan fingerprint density at radius 2 is 1.97 bits per heavy atom. The van der Waals surface area contributed by atoms with E-state index in [2.05, 4.69) is 15.0 Å². The van der Waals surface area contributed by atoms with Crippen molar-refractivity contribution in [1.29, 1.82) is 0 Å². The summed E-state index contributed by atoms with van der Waals surface area (Å²) in [6.07, 6.45) is 2.72. The number of rotatable bonds is 8. The van der Waals surface area contributed by atoms with Crippen molar-refractivity contribution in [3.63, 3.8) is 0 Å². The molecule has 1 atom stereocenters. The van der Waals surface area contributed by atoms with Gasteiger partial charge in [-0.3, -0.25) is 9.78 Å². The highest BCUT2D eigenvalue weighted by molar-refractivity contribution is 7.89. The van der Waals surface area contributed by atoms with Gasteiger partial charge >= 0.3 is 0 Å². The third-order valence-electron chi connectivity index (χ3n) is 5.38. The van der Waals surface area contributed by atoms with Crippen LogP contribution in [0.15, 0.2) is 71.8 Å². The summed E-state index contributed by atoms with van der Waals surface area (Å²) >= 11 is 0.